The predicted molar refractivity (Wildman–Crippen MR) is 83.8 cm³/mol. The number of hydrazine groups is 1. The van der Waals surface area contributed by atoms with E-state index in [1.54, 1.807) is 6.07 Å². The van der Waals surface area contributed by atoms with Crippen molar-refractivity contribution in [3.63, 3.8) is 0 Å². The van der Waals surface area contributed by atoms with Crippen molar-refractivity contribution in [3.8, 4) is 0 Å². The SMILES string of the molecule is Cc1cc(C)c(C(Cc2cccc(Br)c2)NN)c(F)c1. The molecule has 4 heteroatoms. The summed E-state index contributed by atoms with van der Waals surface area (Å²) in [7, 11) is 0. The molecule has 3 N–H and O–H groups in total. The fourth-order valence-electron chi connectivity index (χ4n) is 2.51. The molecule has 0 aliphatic rings. The van der Waals surface area contributed by atoms with E-state index in [1.165, 1.54) is 0 Å². The van der Waals surface area contributed by atoms with Crippen LogP contribution in [0.15, 0.2) is 40.9 Å². The van der Waals surface area contributed by atoms with E-state index in [9.17, 15) is 4.39 Å². The topological polar surface area (TPSA) is 38.0 Å². The molecular weight excluding hydrogens is 319 g/mol. The van der Waals surface area contributed by atoms with Gasteiger partial charge in [-0.2, -0.15) is 0 Å². The second kappa shape index (κ2) is 6.48. The maximum absolute atomic E-state index is 14.2. The molecule has 0 bridgehead atoms. The number of rotatable bonds is 4. The van der Waals surface area contributed by atoms with Crippen LogP contribution >= 0.6 is 15.9 Å². The summed E-state index contributed by atoms with van der Waals surface area (Å²) in [5, 5.41) is 0. The number of hydrogen-bond acceptors (Lipinski definition) is 2. The van der Waals surface area contributed by atoms with E-state index in [2.05, 4.69) is 21.4 Å². The van der Waals surface area contributed by atoms with Gasteiger partial charge in [-0.05, 0) is 55.2 Å². The summed E-state index contributed by atoms with van der Waals surface area (Å²) in [6, 6.07) is 11.2. The largest absolute Gasteiger partial charge is 0.271 e. The summed E-state index contributed by atoms with van der Waals surface area (Å²) in [6.45, 7) is 3.80. The monoisotopic (exact) mass is 336 g/mol. The molecular formula is C16H18BrFN2. The smallest absolute Gasteiger partial charge is 0.128 e. The predicted octanol–water partition coefficient (Wildman–Crippen LogP) is 3.95. The van der Waals surface area contributed by atoms with Crippen molar-refractivity contribution in [2.75, 3.05) is 0 Å². The second-order valence-electron chi connectivity index (χ2n) is 5.03. The highest BCUT2D eigenvalue weighted by atomic mass is 79.9. The van der Waals surface area contributed by atoms with Crippen LogP contribution in [0.2, 0.25) is 0 Å². The number of aryl methyl sites for hydroxylation is 2. The lowest BCUT2D eigenvalue weighted by molar-refractivity contribution is 0.507. The minimum Gasteiger partial charge on any atom is -0.271 e. The molecule has 2 rings (SSSR count). The lowest BCUT2D eigenvalue weighted by Crippen LogP contribution is -2.31. The van der Waals surface area contributed by atoms with Gasteiger partial charge in [0.15, 0.2) is 0 Å². The van der Waals surface area contributed by atoms with Gasteiger partial charge < -0.3 is 0 Å². The lowest BCUT2D eigenvalue weighted by Gasteiger charge is -2.20. The molecule has 1 atom stereocenters. The first-order valence-electron chi connectivity index (χ1n) is 6.48. The zero-order valence-electron chi connectivity index (χ0n) is 11.6. The third kappa shape index (κ3) is 3.45. The van der Waals surface area contributed by atoms with Gasteiger partial charge in [-0.3, -0.25) is 11.3 Å². The van der Waals surface area contributed by atoms with Crippen LogP contribution in [0.25, 0.3) is 0 Å². The van der Waals surface area contributed by atoms with Crippen LogP contribution < -0.4 is 11.3 Å². The van der Waals surface area contributed by atoms with Gasteiger partial charge in [0, 0.05) is 10.0 Å². The molecule has 2 aromatic rings. The molecule has 20 heavy (non-hydrogen) atoms. The molecule has 0 aliphatic carbocycles. The van der Waals surface area contributed by atoms with Crippen LogP contribution in [-0.4, -0.2) is 0 Å². The molecule has 0 radical (unpaired) electrons. The number of benzene rings is 2. The number of nitrogens with two attached hydrogens (primary N) is 1. The van der Waals surface area contributed by atoms with E-state index < -0.39 is 0 Å². The van der Waals surface area contributed by atoms with Crippen LogP contribution in [0.1, 0.15) is 28.3 Å². The van der Waals surface area contributed by atoms with E-state index in [4.69, 9.17) is 5.84 Å². The lowest BCUT2D eigenvalue weighted by atomic mass is 9.94. The first kappa shape index (κ1) is 15.2. The Morgan fingerprint density at radius 2 is 2.00 bits per heavy atom. The van der Waals surface area contributed by atoms with Crippen molar-refractivity contribution in [3.05, 3.63) is 68.9 Å². The van der Waals surface area contributed by atoms with Crippen LogP contribution in [0.5, 0.6) is 0 Å². The molecule has 0 aromatic heterocycles. The van der Waals surface area contributed by atoms with Crippen LogP contribution in [-0.2, 0) is 6.42 Å². The molecule has 2 nitrogen and oxygen atoms in total. The molecule has 2 aromatic carbocycles. The summed E-state index contributed by atoms with van der Waals surface area (Å²) in [5.74, 6) is 5.43. The van der Waals surface area contributed by atoms with Crippen molar-refractivity contribution in [1.82, 2.24) is 5.43 Å². The molecule has 0 saturated heterocycles. The zero-order valence-corrected chi connectivity index (χ0v) is 13.2. The van der Waals surface area contributed by atoms with Crippen molar-refractivity contribution in [2.24, 2.45) is 5.84 Å². The maximum Gasteiger partial charge on any atom is 0.128 e. The van der Waals surface area contributed by atoms with Gasteiger partial charge in [0.2, 0.25) is 0 Å². The summed E-state index contributed by atoms with van der Waals surface area (Å²) >= 11 is 3.44. The highest BCUT2D eigenvalue weighted by molar-refractivity contribution is 9.10. The third-order valence-corrected chi connectivity index (χ3v) is 3.85. The van der Waals surface area contributed by atoms with E-state index in [0.717, 1.165) is 21.2 Å². The minimum atomic E-state index is -0.245. The van der Waals surface area contributed by atoms with Crippen LogP contribution in [0.4, 0.5) is 4.39 Å². The minimum absolute atomic E-state index is 0.208. The number of nitrogens with one attached hydrogen (secondary N) is 1. The number of halogens is 2. The van der Waals surface area contributed by atoms with Gasteiger partial charge in [0.05, 0.1) is 6.04 Å². The van der Waals surface area contributed by atoms with Crippen molar-refractivity contribution >= 4 is 15.9 Å². The van der Waals surface area contributed by atoms with Crippen molar-refractivity contribution in [2.45, 2.75) is 26.3 Å². The number of hydrogen-bond donors (Lipinski definition) is 2. The molecule has 0 heterocycles. The Hall–Kier alpha value is -1.23. The van der Waals surface area contributed by atoms with Gasteiger partial charge >= 0.3 is 0 Å². The maximum atomic E-state index is 14.2. The van der Waals surface area contributed by atoms with Crippen LogP contribution in [0, 0.1) is 19.7 Å². The molecule has 0 saturated carbocycles. The van der Waals surface area contributed by atoms with Gasteiger partial charge in [0.25, 0.3) is 0 Å². The molecule has 0 fully saturated rings. The van der Waals surface area contributed by atoms with Gasteiger partial charge in [-0.15, -0.1) is 0 Å². The third-order valence-electron chi connectivity index (χ3n) is 3.36. The van der Waals surface area contributed by atoms with Gasteiger partial charge in [-0.25, -0.2) is 4.39 Å². The first-order chi connectivity index (χ1) is 9.51. The molecule has 0 aliphatic heterocycles. The highest BCUT2D eigenvalue weighted by Gasteiger charge is 2.18. The average Bonchev–Trinajstić information content (AvgIpc) is 2.36. The zero-order chi connectivity index (χ0) is 14.7. The van der Waals surface area contributed by atoms with Crippen molar-refractivity contribution < 1.29 is 4.39 Å². The summed E-state index contributed by atoms with van der Waals surface area (Å²) < 4.78 is 15.2. The average molecular weight is 337 g/mol. The highest BCUT2D eigenvalue weighted by Crippen LogP contribution is 2.26. The first-order valence-corrected chi connectivity index (χ1v) is 7.27. The molecule has 1 unspecified atom stereocenters. The van der Waals surface area contributed by atoms with Gasteiger partial charge in [0.1, 0.15) is 5.82 Å². The fourth-order valence-corrected chi connectivity index (χ4v) is 2.96. The fraction of sp³-hybridized carbons (Fsp3) is 0.250. The van der Waals surface area contributed by atoms with E-state index in [1.807, 2.05) is 44.2 Å². The van der Waals surface area contributed by atoms with Gasteiger partial charge in [-0.1, -0.05) is 34.1 Å². The second-order valence-corrected chi connectivity index (χ2v) is 5.95. The summed E-state index contributed by atoms with van der Waals surface area (Å²) in [6.07, 6.45) is 0.636. The Balaban J connectivity index is 2.34. The summed E-state index contributed by atoms with van der Waals surface area (Å²) in [4.78, 5) is 0. The normalized spacial score (nSPS) is 12.4. The Bertz CT molecular complexity index is 590. The van der Waals surface area contributed by atoms with E-state index in [-0.39, 0.29) is 11.9 Å². The Morgan fingerprint density at radius 3 is 2.60 bits per heavy atom. The van der Waals surface area contributed by atoms with E-state index >= 15 is 0 Å². The summed E-state index contributed by atoms with van der Waals surface area (Å²) in [5.41, 5.74) is 6.30. The molecule has 0 amide bonds. The van der Waals surface area contributed by atoms with Crippen molar-refractivity contribution in [1.29, 1.82) is 0 Å². The molecule has 0 spiro atoms. The van der Waals surface area contributed by atoms with Crippen LogP contribution in [0.3, 0.4) is 0 Å². The Morgan fingerprint density at radius 1 is 1.25 bits per heavy atom. The van der Waals surface area contributed by atoms with E-state index in [0.29, 0.717) is 12.0 Å². The quantitative estimate of drug-likeness (QED) is 0.655. The standard InChI is InChI=1S/C16H18BrFN2/c1-10-6-11(2)16(14(18)7-10)15(20-19)9-12-4-3-5-13(17)8-12/h3-8,15,20H,9,19H2,1-2H3. The Kier molecular flexibility index (Phi) is 4.91. The Labute approximate surface area is 127 Å². The molecule has 106 valence electrons.